The summed E-state index contributed by atoms with van der Waals surface area (Å²) in [5, 5.41) is 0. The number of nitrogens with zero attached hydrogens (tertiary/aromatic N) is 4. The highest BCUT2D eigenvalue weighted by Gasteiger charge is 2.24. The maximum atomic E-state index is 10.8. The molecule has 7 heteroatoms. The number of morpholine rings is 1. The first kappa shape index (κ1) is 16.3. The number of pyridine rings is 1. The van der Waals surface area contributed by atoms with Crippen LogP contribution >= 0.6 is 0 Å². The van der Waals surface area contributed by atoms with Crippen LogP contribution in [-0.2, 0) is 16.0 Å². The summed E-state index contributed by atoms with van der Waals surface area (Å²) in [6.07, 6.45) is 4.22. The third-order valence-corrected chi connectivity index (χ3v) is 4.02. The normalized spacial score (nSPS) is 17.7. The number of ether oxygens (including phenoxy) is 1. The Labute approximate surface area is 140 Å². The molecule has 2 N–H and O–H groups in total. The Balaban J connectivity index is 1.67. The Morgan fingerprint density at radius 3 is 2.96 bits per heavy atom. The minimum Gasteiger partial charge on any atom is -0.370 e. The second-order valence-electron chi connectivity index (χ2n) is 5.88. The van der Waals surface area contributed by atoms with E-state index in [4.69, 9.17) is 10.5 Å². The molecule has 7 nitrogen and oxygen atoms in total. The van der Waals surface area contributed by atoms with E-state index in [2.05, 4.69) is 19.9 Å². The van der Waals surface area contributed by atoms with E-state index < -0.39 is 0 Å². The van der Waals surface area contributed by atoms with E-state index >= 15 is 0 Å². The predicted molar refractivity (Wildman–Crippen MR) is 89.4 cm³/mol. The van der Waals surface area contributed by atoms with Gasteiger partial charge in [-0.1, -0.05) is 6.07 Å². The van der Waals surface area contributed by atoms with E-state index in [1.165, 1.54) is 0 Å². The number of carbonyl (C=O) groups is 1. The van der Waals surface area contributed by atoms with Gasteiger partial charge in [-0.2, -0.15) is 0 Å². The van der Waals surface area contributed by atoms with Crippen molar-refractivity contribution >= 4 is 11.7 Å². The van der Waals surface area contributed by atoms with Gasteiger partial charge >= 0.3 is 0 Å². The Kier molecular flexibility index (Phi) is 5.00. The fourth-order valence-electron chi connectivity index (χ4n) is 2.69. The molecule has 2 aromatic rings. The van der Waals surface area contributed by atoms with Gasteiger partial charge in [-0.3, -0.25) is 9.78 Å². The van der Waals surface area contributed by atoms with Crippen molar-refractivity contribution < 1.29 is 9.53 Å². The second kappa shape index (κ2) is 7.35. The van der Waals surface area contributed by atoms with Crippen LogP contribution in [0, 0.1) is 6.92 Å². The largest absolute Gasteiger partial charge is 0.370 e. The Morgan fingerprint density at radius 2 is 2.25 bits per heavy atom. The van der Waals surface area contributed by atoms with Crippen LogP contribution in [0.3, 0.4) is 0 Å². The zero-order valence-corrected chi connectivity index (χ0v) is 13.7. The van der Waals surface area contributed by atoms with E-state index in [0.29, 0.717) is 26.0 Å². The number of anilines is 1. The third-order valence-electron chi connectivity index (χ3n) is 4.02. The zero-order chi connectivity index (χ0) is 16.9. The number of amides is 1. The second-order valence-corrected chi connectivity index (χ2v) is 5.88. The Morgan fingerprint density at radius 1 is 1.38 bits per heavy atom. The van der Waals surface area contributed by atoms with Crippen LogP contribution in [0.15, 0.2) is 30.7 Å². The van der Waals surface area contributed by atoms with Crippen LogP contribution in [-0.4, -0.2) is 40.6 Å². The van der Waals surface area contributed by atoms with Crippen LogP contribution in [0.25, 0.3) is 0 Å². The lowest BCUT2D eigenvalue weighted by molar-refractivity contribution is -0.117. The molecule has 0 radical (unpaired) electrons. The maximum Gasteiger partial charge on any atom is 0.217 e. The number of primary amides is 1. The van der Waals surface area contributed by atoms with E-state index in [1.54, 1.807) is 12.5 Å². The van der Waals surface area contributed by atoms with Crippen molar-refractivity contribution in [3.05, 3.63) is 47.7 Å². The van der Waals surface area contributed by atoms with Gasteiger partial charge in [0.2, 0.25) is 5.91 Å². The highest BCUT2D eigenvalue weighted by molar-refractivity contribution is 5.73. The van der Waals surface area contributed by atoms with Crippen molar-refractivity contribution in [3.63, 3.8) is 0 Å². The summed E-state index contributed by atoms with van der Waals surface area (Å²) in [6.45, 7) is 4.07. The number of hydrogen-bond donors (Lipinski definition) is 1. The van der Waals surface area contributed by atoms with Gasteiger partial charge in [-0.25, -0.2) is 9.97 Å². The minimum absolute atomic E-state index is 0.0980. The third kappa shape index (κ3) is 4.05. The molecule has 1 aliphatic rings. The van der Waals surface area contributed by atoms with E-state index in [-0.39, 0.29) is 12.0 Å². The molecule has 0 unspecified atom stereocenters. The van der Waals surface area contributed by atoms with Crippen LogP contribution in [0.2, 0.25) is 0 Å². The molecule has 1 saturated heterocycles. The minimum atomic E-state index is -0.300. The molecule has 1 fully saturated rings. The van der Waals surface area contributed by atoms with E-state index in [9.17, 15) is 4.79 Å². The molecule has 0 saturated carbocycles. The molecule has 1 amide bonds. The first-order chi connectivity index (χ1) is 11.6. The van der Waals surface area contributed by atoms with Crippen LogP contribution in [0.5, 0.6) is 0 Å². The van der Waals surface area contributed by atoms with Gasteiger partial charge in [0.05, 0.1) is 18.8 Å². The van der Waals surface area contributed by atoms with Gasteiger partial charge in [0.1, 0.15) is 18.2 Å². The first-order valence-corrected chi connectivity index (χ1v) is 8.00. The maximum absolute atomic E-state index is 10.8. The zero-order valence-electron chi connectivity index (χ0n) is 13.7. The van der Waals surface area contributed by atoms with Gasteiger partial charge in [0.15, 0.2) is 0 Å². The molecule has 0 spiro atoms. The van der Waals surface area contributed by atoms with Crippen molar-refractivity contribution in [2.75, 3.05) is 24.6 Å². The van der Waals surface area contributed by atoms with Gasteiger partial charge in [-0.05, 0) is 25.0 Å². The lowest BCUT2D eigenvalue weighted by Crippen LogP contribution is -2.39. The molecule has 3 rings (SSSR count). The molecule has 0 aliphatic carbocycles. The highest BCUT2D eigenvalue weighted by atomic mass is 16.5. The summed E-state index contributed by atoms with van der Waals surface area (Å²) in [4.78, 5) is 26.0. The Hall–Kier alpha value is -2.54. The monoisotopic (exact) mass is 327 g/mol. The smallest absolute Gasteiger partial charge is 0.217 e. The van der Waals surface area contributed by atoms with Crippen molar-refractivity contribution in [1.82, 2.24) is 15.0 Å². The summed E-state index contributed by atoms with van der Waals surface area (Å²) in [5.74, 6) is 0.611. The number of aryl methyl sites for hydroxylation is 2. The molecule has 24 heavy (non-hydrogen) atoms. The quantitative estimate of drug-likeness (QED) is 0.886. The molecule has 126 valence electrons. The molecule has 1 aliphatic heterocycles. The lowest BCUT2D eigenvalue weighted by Gasteiger charge is -2.33. The molecule has 3 heterocycles. The summed E-state index contributed by atoms with van der Waals surface area (Å²) < 4.78 is 5.86. The van der Waals surface area contributed by atoms with Crippen molar-refractivity contribution in [2.24, 2.45) is 5.73 Å². The molecular formula is C17H21N5O2. The SMILES string of the molecule is Cc1cc(N2CCO[C@@H](c3ccc(CCC(N)=O)cn3)C2)ncn1. The van der Waals surface area contributed by atoms with Gasteiger partial charge in [0.25, 0.3) is 0 Å². The lowest BCUT2D eigenvalue weighted by atomic mass is 10.1. The van der Waals surface area contributed by atoms with Crippen molar-refractivity contribution in [2.45, 2.75) is 25.9 Å². The predicted octanol–water partition coefficient (Wildman–Crippen LogP) is 1.18. The summed E-state index contributed by atoms with van der Waals surface area (Å²) in [6, 6.07) is 5.90. The van der Waals surface area contributed by atoms with E-state index in [0.717, 1.165) is 29.3 Å². The average Bonchev–Trinajstić information content (AvgIpc) is 2.60. The highest BCUT2D eigenvalue weighted by Crippen LogP contribution is 2.24. The fourth-order valence-corrected chi connectivity index (χ4v) is 2.69. The molecule has 0 aromatic carbocycles. The fraction of sp³-hybridized carbons (Fsp3) is 0.412. The summed E-state index contributed by atoms with van der Waals surface area (Å²) in [7, 11) is 0. The van der Waals surface area contributed by atoms with Gasteiger partial charge in [-0.15, -0.1) is 0 Å². The molecule has 1 atom stereocenters. The number of carbonyl (C=O) groups excluding carboxylic acids is 1. The average molecular weight is 327 g/mol. The first-order valence-electron chi connectivity index (χ1n) is 8.00. The number of hydrogen-bond acceptors (Lipinski definition) is 6. The number of rotatable bonds is 5. The molecular weight excluding hydrogens is 306 g/mol. The number of aromatic nitrogens is 3. The standard InChI is InChI=1S/C17H21N5O2/c1-12-8-17(21-11-20-12)22-6-7-24-15(10-22)14-4-2-13(9-19-14)3-5-16(18)23/h2,4,8-9,11,15H,3,5-7,10H2,1H3,(H2,18,23)/t15-/m1/s1. The number of nitrogens with two attached hydrogens (primary N) is 1. The van der Waals surface area contributed by atoms with E-state index in [1.807, 2.05) is 25.1 Å². The summed E-state index contributed by atoms with van der Waals surface area (Å²) >= 11 is 0. The van der Waals surface area contributed by atoms with Crippen molar-refractivity contribution in [3.8, 4) is 0 Å². The van der Waals surface area contributed by atoms with Crippen LogP contribution < -0.4 is 10.6 Å². The van der Waals surface area contributed by atoms with Gasteiger partial charge in [0, 0.05) is 30.9 Å². The van der Waals surface area contributed by atoms with Crippen LogP contribution in [0.4, 0.5) is 5.82 Å². The van der Waals surface area contributed by atoms with Crippen molar-refractivity contribution in [1.29, 1.82) is 0 Å². The summed E-state index contributed by atoms with van der Waals surface area (Å²) in [5.41, 5.74) is 8.00. The molecule has 0 bridgehead atoms. The van der Waals surface area contributed by atoms with Gasteiger partial charge < -0.3 is 15.4 Å². The molecule has 2 aromatic heterocycles. The topological polar surface area (TPSA) is 94.2 Å². The van der Waals surface area contributed by atoms with Crippen LogP contribution in [0.1, 0.15) is 29.5 Å². The Bertz CT molecular complexity index is 704.